The Balaban J connectivity index is 1.87. The molecule has 0 saturated carbocycles. The van der Waals surface area contributed by atoms with Gasteiger partial charge in [-0.3, -0.25) is 14.9 Å². The highest BCUT2D eigenvalue weighted by molar-refractivity contribution is 7.14. The minimum atomic E-state index is -0.282. The van der Waals surface area contributed by atoms with Crippen molar-refractivity contribution < 1.29 is 14.3 Å². The van der Waals surface area contributed by atoms with Crippen molar-refractivity contribution in [3.8, 4) is 5.75 Å². The van der Waals surface area contributed by atoms with Gasteiger partial charge in [0.05, 0.1) is 7.11 Å². The van der Waals surface area contributed by atoms with Crippen LogP contribution >= 0.6 is 11.3 Å². The number of amides is 2. The predicted molar refractivity (Wildman–Crippen MR) is 103 cm³/mol. The van der Waals surface area contributed by atoms with Gasteiger partial charge in [-0.05, 0) is 37.4 Å². The van der Waals surface area contributed by atoms with E-state index in [1.807, 2.05) is 0 Å². The van der Waals surface area contributed by atoms with Crippen LogP contribution in [0.3, 0.4) is 0 Å². The molecule has 0 saturated heterocycles. The third-order valence-electron chi connectivity index (χ3n) is 3.92. The summed E-state index contributed by atoms with van der Waals surface area (Å²) >= 11 is 1.22. The van der Waals surface area contributed by atoms with Gasteiger partial charge in [-0.2, -0.15) is 0 Å². The molecule has 2 N–H and O–H groups in total. The van der Waals surface area contributed by atoms with E-state index < -0.39 is 0 Å². The van der Waals surface area contributed by atoms with E-state index in [1.54, 1.807) is 36.8 Å². The van der Waals surface area contributed by atoms with E-state index in [0.29, 0.717) is 28.7 Å². The van der Waals surface area contributed by atoms with Gasteiger partial charge in [-0.25, -0.2) is 4.98 Å². The zero-order chi connectivity index (χ0) is 18.9. The average molecular weight is 376 g/mol. The number of carbonyl (C=O) groups is 2. The number of ether oxygens (including phenoxy) is 1. The highest BCUT2D eigenvalue weighted by Gasteiger charge is 2.13. The Bertz CT molecular complexity index is 726. The zero-order valence-electron chi connectivity index (χ0n) is 15.2. The van der Waals surface area contributed by atoms with Crippen LogP contribution in [-0.2, 0) is 0 Å². The van der Waals surface area contributed by atoms with Crippen molar-refractivity contribution in [3.05, 3.63) is 40.9 Å². The van der Waals surface area contributed by atoms with Crippen LogP contribution in [-0.4, -0.2) is 55.0 Å². The van der Waals surface area contributed by atoms with E-state index in [-0.39, 0.29) is 11.8 Å². The van der Waals surface area contributed by atoms with Crippen LogP contribution in [0.1, 0.15) is 34.7 Å². The van der Waals surface area contributed by atoms with Crippen molar-refractivity contribution >= 4 is 28.3 Å². The zero-order valence-corrected chi connectivity index (χ0v) is 16.1. The Morgan fingerprint density at radius 3 is 2.46 bits per heavy atom. The Morgan fingerprint density at radius 1 is 1.15 bits per heavy atom. The molecule has 0 aliphatic heterocycles. The summed E-state index contributed by atoms with van der Waals surface area (Å²) in [6.45, 7) is 7.43. The second-order valence-corrected chi connectivity index (χ2v) is 6.36. The summed E-state index contributed by atoms with van der Waals surface area (Å²) in [5, 5.41) is 7.57. The summed E-state index contributed by atoms with van der Waals surface area (Å²) < 4.78 is 5.07. The molecule has 0 aliphatic carbocycles. The number of hydrogen-bond donors (Lipinski definition) is 2. The van der Waals surface area contributed by atoms with Crippen molar-refractivity contribution in [2.75, 3.05) is 38.6 Å². The average Bonchev–Trinajstić information content (AvgIpc) is 3.13. The molecular formula is C18H24N4O3S. The monoisotopic (exact) mass is 376 g/mol. The number of hydrogen-bond acceptors (Lipinski definition) is 6. The van der Waals surface area contributed by atoms with Crippen LogP contribution in [0.5, 0.6) is 5.75 Å². The number of nitrogens with zero attached hydrogens (tertiary/aromatic N) is 2. The van der Waals surface area contributed by atoms with E-state index in [9.17, 15) is 9.59 Å². The normalized spacial score (nSPS) is 10.6. The molecule has 1 aromatic heterocycles. The van der Waals surface area contributed by atoms with Gasteiger partial charge in [0.25, 0.3) is 11.8 Å². The number of aromatic nitrogens is 1. The van der Waals surface area contributed by atoms with Crippen molar-refractivity contribution in [1.82, 2.24) is 15.2 Å². The molecule has 1 aromatic carbocycles. The van der Waals surface area contributed by atoms with E-state index in [1.165, 1.54) is 11.3 Å². The maximum absolute atomic E-state index is 12.2. The molecule has 1 heterocycles. The third kappa shape index (κ3) is 5.53. The van der Waals surface area contributed by atoms with E-state index in [2.05, 4.69) is 34.4 Å². The van der Waals surface area contributed by atoms with Gasteiger partial charge in [-0.15, -0.1) is 11.3 Å². The summed E-state index contributed by atoms with van der Waals surface area (Å²) in [5.74, 6) is 0.160. The van der Waals surface area contributed by atoms with Crippen molar-refractivity contribution in [3.63, 3.8) is 0 Å². The Morgan fingerprint density at radius 2 is 1.85 bits per heavy atom. The van der Waals surface area contributed by atoms with Crippen LogP contribution < -0.4 is 15.4 Å². The molecular weight excluding hydrogens is 352 g/mol. The molecule has 2 rings (SSSR count). The number of thiazole rings is 1. The van der Waals surface area contributed by atoms with Crippen LogP contribution in [0, 0.1) is 0 Å². The standard InChI is InChI=1S/C18H24N4O3S/c1-4-22(5-2)11-10-19-17(24)15-12-26-18(20-15)21-16(23)13-6-8-14(25-3)9-7-13/h6-9,12H,4-5,10-11H2,1-3H3,(H,19,24)(H,20,21,23). The quantitative estimate of drug-likeness (QED) is 0.702. The third-order valence-corrected chi connectivity index (χ3v) is 4.68. The van der Waals surface area contributed by atoms with Crippen LogP contribution in [0.4, 0.5) is 5.13 Å². The second-order valence-electron chi connectivity index (χ2n) is 5.50. The number of likely N-dealkylation sites (N-methyl/N-ethyl adjacent to an activating group) is 1. The first-order valence-corrected chi connectivity index (χ1v) is 9.36. The van der Waals surface area contributed by atoms with Crippen molar-refractivity contribution in [2.45, 2.75) is 13.8 Å². The van der Waals surface area contributed by atoms with Crippen molar-refractivity contribution in [1.29, 1.82) is 0 Å². The number of nitrogens with one attached hydrogen (secondary N) is 2. The molecule has 0 fully saturated rings. The minimum absolute atomic E-state index is 0.238. The van der Waals surface area contributed by atoms with Gasteiger partial charge in [-0.1, -0.05) is 13.8 Å². The molecule has 2 amide bonds. The summed E-state index contributed by atoms with van der Waals surface area (Å²) in [4.78, 5) is 30.8. The fraction of sp³-hybridized carbons (Fsp3) is 0.389. The summed E-state index contributed by atoms with van der Waals surface area (Å²) in [6, 6.07) is 6.77. The molecule has 0 unspecified atom stereocenters. The van der Waals surface area contributed by atoms with E-state index >= 15 is 0 Å². The molecule has 140 valence electrons. The van der Waals surface area contributed by atoms with E-state index in [0.717, 1.165) is 19.6 Å². The first-order chi connectivity index (χ1) is 12.6. The minimum Gasteiger partial charge on any atom is -0.497 e. The molecule has 2 aromatic rings. The molecule has 0 atom stereocenters. The topological polar surface area (TPSA) is 83.6 Å². The van der Waals surface area contributed by atoms with Crippen molar-refractivity contribution in [2.24, 2.45) is 0 Å². The van der Waals surface area contributed by atoms with Gasteiger partial charge >= 0.3 is 0 Å². The number of rotatable bonds is 9. The summed E-state index contributed by atoms with van der Waals surface area (Å²) in [6.07, 6.45) is 0. The van der Waals surface area contributed by atoms with Gasteiger partial charge in [0.1, 0.15) is 11.4 Å². The molecule has 8 heteroatoms. The van der Waals surface area contributed by atoms with Crippen LogP contribution in [0.15, 0.2) is 29.6 Å². The first-order valence-electron chi connectivity index (χ1n) is 8.48. The number of carbonyl (C=O) groups excluding carboxylic acids is 2. The smallest absolute Gasteiger partial charge is 0.270 e. The lowest BCUT2D eigenvalue weighted by atomic mass is 10.2. The molecule has 0 bridgehead atoms. The fourth-order valence-corrected chi connectivity index (χ4v) is 2.99. The maximum atomic E-state index is 12.2. The number of methoxy groups -OCH3 is 1. The molecule has 7 nitrogen and oxygen atoms in total. The highest BCUT2D eigenvalue weighted by Crippen LogP contribution is 2.17. The molecule has 0 radical (unpaired) electrons. The van der Waals surface area contributed by atoms with Gasteiger partial charge in [0, 0.05) is 24.0 Å². The molecule has 0 spiro atoms. The Labute approximate surface area is 157 Å². The Kier molecular flexibility index (Phi) is 7.55. The van der Waals surface area contributed by atoms with Gasteiger partial charge in [0.2, 0.25) is 0 Å². The number of anilines is 1. The lowest BCUT2D eigenvalue weighted by Crippen LogP contribution is -2.34. The predicted octanol–water partition coefficient (Wildman–Crippen LogP) is 2.48. The summed E-state index contributed by atoms with van der Waals surface area (Å²) in [5.41, 5.74) is 0.797. The van der Waals surface area contributed by atoms with Crippen LogP contribution in [0.25, 0.3) is 0 Å². The molecule has 26 heavy (non-hydrogen) atoms. The lowest BCUT2D eigenvalue weighted by molar-refractivity contribution is 0.0943. The van der Waals surface area contributed by atoms with Gasteiger partial charge < -0.3 is 15.0 Å². The molecule has 0 aliphatic rings. The lowest BCUT2D eigenvalue weighted by Gasteiger charge is -2.17. The van der Waals surface area contributed by atoms with Crippen LogP contribution in [0.2, 0.25) is 0 Å². The largest absolute Gasteiger partial charge is 0.497 e. The van der Waals surface area contributed by atoms with Gasteiger partial charge in [0.15, 0.2) is 5.13 Å². The highest BCUT2D eigenvalue weighted by atomic mass is 32.1. The Hall–Kier alpha value is -2.45. The number of benzene rings is 1. The fourth-order valence-electron chi connectivity index (χ4n) is 2.31. The second kappa shape index (κ2) is 9.88. The first kappa shape index (κ1) is 19.9. The maximum Gasteiger partial charge on any atom is 0.270 e. The SMILES string of the molecule is CCN(CC)CCNC(=O)c1csc(NC(=O)c2ccc(OC)cc2)n1. The van der Waals surface area contributed by atoms with E-state index in [4.69, 9.17) is 4.74 Å². The summed E-state index contributed by atoms with van der Waals surface area (Å²) in [7, 11) is 1.57.